The molecule has 1 fully saturated rings. The highest BCUT2D eigenvalue weighted by Gasteiger charge is 2.32. The molecule has 0 aliphatic heterocycles. The van der Waals surface area contributed by atoms with E-state index in [-0.39, 0.29) is 0 Å². The SMILES string of the molecule is CCCn1cc(-c2nc(C3CC3)c(C(=O)O)s2)cn1. The molecular formula is C13H15N3O2S. The van der Waals surface area contributed by atoms with E-state index < -0.39 is 5.97 Å². The molecule has 2 aromatic rings. The maximum absolute atomic E-state index is 11.3. The van der Waals surface area contributed by atoms with E-state index in [9.17, 15) is 9.90 Å². The summed E-state index contributed by atoms with van der Waals surface area (Å²) in [5, 5.41) is 14.3. The largest absolute Gasteiger partial charge is 0.477 e. The van der Waals surface area contributed by atoms with Crippen molar-refractivity contribution in [2.24, 2.45) is 0 Å². The molecule has 6 heteroatoms. The van der Waals surface area contributed by atoms with Gasteiger partial charge < -0.3 is 5.11 Å². The van der Waals surface area contributed by atoms with Gasteiger partial charge in [0.15, 0.2) is 0 Å². The fourth-order valence-corrected chi connectivity index (χ4v) is 3.03. The molecule has 1 N–H and O–H groups in total. The summed E-state index contributed by atoms with van der Waals surface area (Å²) in [5.41, 5.74) is 1.67. The molecule has 0 aromatic carbocycles. The lowest BCUT2D eigenvalue weighted by Gasteiger charge is -1.94. The first-order valence-corrected chi connectivity index (χ1v) is 7.27. The number of rotatable bonds is 5. The zero-order valence-electron chi connectivity index (χ0n) is 10.7. The molecule has 0 radical (unpaired) electrons. The molecule has 0 unspecified atom stereocenters. The summed E-state index contributed by atoms with van der Waals surface area (Å²) in [6, 6.07) is 0. The lowest BCUT2D eigenvalue weighted by atomic mass is 10.2. The summed E-state index contributed by atoms with van der Waals surface area (Å²) < 4.78 is 1.87. The fraction of sp³-hybridized carbons (Fsp3) is 0.462. The van der Waals surface area contributed by atoms with E-state index in [0.29, 0.717) is 10.8 Å². The Bertz CT molecular complexity index is 613. The predicted molar refractivity (Wildman–Crippen MR) is 72.6 cm³/mol. The molecule has 1 aliphatic rings. The van der Waals surface area contributed by atoms with Gasteiger partial charge in [-0.2, -0.15) is 5.10 Å². The van der Waals surface area contributed by atoms with Gasteiger partial charge in [-0.25, -0.2) is 9.78 Å². The van der Waals surface area contributed by atoms with E-state index in [1.807, 2.05) is 10.9 Å². The lowest BCUT2D eigenvalue weighted by Crippen LogP contribution is -1.97. The van der Waals surface area contributed by atoms with Crippen molar-refractivity contribution in [3.63, 3.8) is 0 Å². The highest BCUT2D eigenvalue weighted by molar-refractivity contribution is 7.17. The molecule has 5 nitrogen and oxygen atoms in total. The van der Waals surface area contributed by atoms with E-state index in [1.165, 1.54) is 11.3 Å². The second kappa shape index (κ2) is 4.77. The smallest absolute Gasteiger partial charge is 0.347 e. The van der Waals surface area contributed by atoms with E-state index in [1.54, 1.807) is 6.20 Å². The molecule has 0 atom stereocenters. The van der Waals surface area contributed by atoms with Gasteiger partial charge in [0, 0.05) is 24.2 Å². The van der Waals surface area contributed by atoms with Gasteiger partial charge in [-0.05, 0) is 19.3 Å². The maximum Gasteiger partial charge on any atom is 0.347 e. The minimum Gasteiger partial charge on any atom is -0.477 e. The number of aryl methyl sites for hydroxylation is 1. The predicted octanol–water partition coefficient (Wildman–Crippen LogP) is 2.99. The van der Waals surface area contributed by atoms with Crippen LogP contribution in [0.2, 0.25) is 0 Å². The standard InChI is InChI=1S/C13H15N3O2S/c1-2-5-16-7-9(6-14-16)12-15-10(8-3-4-8)11(19-12)13(17)18/h6-8H,2-5H2,1H3,(H,17,18). The van der Waals surface area contributed by atoms with Crippen LogP contribution in [0.3, 0.4) is 0 Å². The third-order valence-electron chi connectivity index (χ3n) is 3.14. The van der Waals surface area contributed by atoms with Gasteiger partial charge >= 0.3 is 5.97 Å². The van der Waals surface area contributed by atoms with Crippen molar-refractivity contribution in [1.29, 1.82) is 0 Å². The highest BCUT2D eigenvalue weighted by atomic mass is 32.1. The van der Waals surface area contributed by atoms with Crippen LogP contribution in [-0.4, -0.2) is 25.8 Å². The lowest BCUT2D eigenvalue weighted by molar-refractivity contribution is 0.0700. The number of aromatic nitrogens is 3. The van der Waals surface area contributed by atoms with E-state index >= 15 is 0 Å². The molecule has 3 rings (SSSR count). The third kappa shape index (κ3) is 2.40. The number of hydrogen-bond donors (Lipinski definition) is 1. The van der Waals surface area contributed by atoms with E-state index in [0.717, 1.165) is 42.1 Å². The molecule has 1 saturated carbocycles. The number of carboxylic acids is 1. The first-order chi connectivity index (χ1) is 9.19. The Hall–Kier alpha value is -1.69. The topological polar surface area (TPSA) is 68.0 Å². The number of carbonyl (C=O) groups is 1. The van der Waals surface area contributed by atoms with Crippen molar-refractivity contribution in [3.05, 3.63) is 23.0 Å². The van der Waals surface area contributed by atoms with Gasteiger partial charge in [0.2, 0.25) is 0 Å². The van der Waals surface area contributed by atoms with Crippen molar-refractivity contribution >= 4 is 17.3 Å². The average Bonchev–Trinajstić information content (AvgIpc) is 2.95. The average molecular weight is 277 g/mol. The van der Waals surface area contributed by atoms with Gasteiger partial charge in [-0.3, -0.25) is 4.68 Å². The van der Waals surface area contributed by atoms with Crippen LogP contribution in [0.15, 0.2) is 12.4 Å². The van der Waals surface area contributed by atoms with Crippen LogP contribution < -0.4 is 0 Å². The maximum atomic E-state index is 11.3. The van der Waals surface area contributed by atoms with Gasteiger partial charge in [0.1, 0.15) is 9.88 Å². The quantitative estimate of drug-likeness (QED) is 0.912. The molecule has 1 aliphatic carbocycles. The molecule has 0 saturated heterocycles. The van der Waals surface area contributed by atoms with Crippen LogP contribution >= 0.6 is 11.3 Å². The fourth-order valence-electron chi connectivity index (χ4n) is 2.07. The van der Waals surface area contributed by atoms with Crippen LogP contribution in [0.4, 0.5) is 0 Å². The number of hydrogen-bond acceptors (Lipinski definition) is 4. The van der Waals surface area contributed by atoms with Crippen molar-refractivity contribution in [2.75, 3.05) is 0 Å². The number of aromatic carboxylic acids is 1. The van der Waals surface area contributed by atoms with Crippen molar-refractivity contribution in [2.45, 2.75) is 38.6 Å². The van der Waals surface area contributed by atoms with Crippen LogP contribution in [0.5, 0.6) is 0 Å². The Morgan fingerprint density at radius 1 is 1.58 bits per heavy atom. The van der Waals surface area contributed by atoms with E-state index in [2.05, 4.69) is 17.0 Å². The summed E-state index contributed by atoms with van der Waals surface area (Å²) in [6.07, 6.45) is 6.82. The Kier molecular flexibility index (Phi) is 3.10. The summed E-state index contributed by atoms with van der Waals surface area (Å²) in [4.78, 5) is 16.2. The van der Waals surface area contributed by atoms with Gasteiger partial charge in [0.05, 0.1) is 11.9 Å². The monoisotopic (exact) mass is 277 g/mol. The Labute approximate surface area is 114 Å². The number of thiazole rings is 1. The molecule has 0 amide bonds. The Balaban J connectivity index is 1.95. The summed E-state index contributed by atoms with van der Waals surface area (Å²) >= 11 is 1.26. The highest BCUT2D eigenvalue weighted by Crippen LogP contribution is 2.44. The normalized spacial score (nSPS) is 14.8. The minimum atomic E-state index is -0.869. The van der Waals surface area contributed by atoms with Crippen LogP contribution in [0.1, 0.15) is 47.5 Å². The number of carboxylic acid groups (broad SMARTS) is 1. The summed E-state index contributed by atoms with van der Waals surface area (Å²) in [7, 11) is 0. The van der Waals surface area contributed by atoms with Crippen molar-refractivity contribution in [1.82, 2.24) is 14.8 Å². The second-order valence-corrected chi connectivity index (χ2v) is 5.80. The molecular weight excluding hydrogens is 262 g/mol. The first-order valence-electron chi connectivity index (χ1n) is 6.46. The Morgan fingerprint density at radius 2 is 2.37 bits per heavy atom. The Morgan fingerprint density at radius 3 is 3.00 bits per heavy atom. The summed E-state index contributed by atoms with van der Waals surface area (Å²) in [6.45, 7) is 2.96. The van der Waals surface area contributed by atoms with Gasteiger partial charge in [-0.15, -0.1) is 11.3 Å². The molecule has 2 heterocycles. The summed E-state index contributed by atoms with van der Waals surface area (Å²) in [5.74, 6) is -0.520. The zero-order chi connectivity index (χ0) is 13.4. The molecule has 0 bridgehead atoms. The first kappa shape index (κ1) is 12.3. The number of nitrogens with zero attached hydrogens (tertiary/aromatic N) is 3. The van der Waals surface area contributed by atoms with E-state index in [4.69, 9.17) is 0 Å². The van der Waals surface area contributed by atoms with Crippen LogP contribution in [0.25, 0.3) is 10.6 Å². The van der Waals surface area contributed by atoms with Crippen LogP contribution in [0, 0.1) is 0 Å². The molecule has 19 heavy (non-hydrogen) atoms. The van der Waals surface area contributed by atoms with Crippen molar-refractivity contribution in [3.8, 4) is 10.6 Å². The molecule has 2 aromatic heterocycles. The van der Waals surface area contributed by atoms with Gasteiger partial charge in [0.25, 0.3) is 0 Å². The van der Waals surface area contributed by atoms with Crippen molar-refractivity contribution < 1.29 is 9.90 Å². The third-order valence-corrected chi connectivity index (χ3v) is 4.25. The molecule has 0 spiro atoms. The minimum absolute atomic E-state index is 0.349. The van der Waals surface area contributed by atoms with Gasteiger partial charge in [-0.1, -0.05) is 6.92 Å². The molecule has 100 valence electrons. The van der Waals surface area contributed by atoms with Crippen LogP contribution in [-0.2, 0) is 6.54 Å². The zero-order valence-corrected chi connectivity index (χ0v) is 11.5. The second-order valence-electron chi connectivity index (χ2n) is 4.80.